The van der Waals surface area contributed by atoms with Gasteiger partial charge in [0.25, 0.3) is 0 Å². The van der Waals surface area contributed by atoms with E-state index in [1.807, 2.05) is 0 Å². The molecule has 0 spiro atoms. The molecule has 0 radical (unpaired) electrons. The molecule has 0 bridgehead atoms. The third-order valence-electron chi connectivity index (χ3n) is 2.80. The van der Waals surface area contributed by atoms with E-state index >= 15 is 0 Å². The van der Waals surface area contributed by atoms with Crippen LogP contribution in [0.25, 0.3) is 0 Å². The molecular weight excluding hydrogens is 254 g/mol. The van der Waals surface area contributed by atoms with E-state index in [-0.39, 0.29) is 5.82 Å². The summed E-state index contributed by atoms with van der Waals surface area (Å²) in [5.74, 6) is 2.37. The van der Waals surface area contributed by atoms with Crippen molar-refractivity contribution in [1.29, 1.82) is 0 Å². The number of hydrogen-bond acceptors (Lipinski definition) is 7. The zero-order chi connectivity index (χ0) is 14.0. The second-order valence-electron chi connectivity index (χ2n) is 3.97. The SMILES string of the molecule is C=C=Nc1ccn([C@@H]2O[C@H](CO)[C@@H](O)[C@H]2O)c(=O)n1. The van der Waals surface area contributed by atoms with Gasteiger partial charge in [0.2, 0.25) is 0 Å². The maximum Gasteiger partial charge on any atom is 0.351 e. The maximum atomic E-state index is 11.8. The summed E-state index contributed by atoms with van der Waals surface area (Å²) in [7, 11) is 0. The molecule has 19 heavy (non-hydrogen) atoms. The highest BCUT2D eigenvalue weighted by Crippen LogP contribution is 2.28. The van der Waals surface area contributed by atoms with Gasteiger partial charge in [-0.15, -0.1) is 0 Å². The molecule has 2 rings (SSSR count). The molecule has 1 aromatic heterocycles. The largest absolute Gasteiger partial charge is 0.394 e. The molecule has 1 fully saturated rings. The quantitative estimate of drug-likeness (QED) is 0.564. The van der Waals surface area contributed by atoms with Gasteiger partial charge in [-0.05, 0) is 12.4 Å². The van der Waals surface area contributed by atoms with E-state index < -0.39 is 36.8 Å². The third-order valence-corrected chi connectivity index (χ3v) is 2.80. The predicted molar refractivity (Wildman–Crippen MR) is 64.2 cm³/mol. The topological polar surface area (TPSA) is 117 Å². The Bertz CT molecular complexity index is 566. The van der Waals surface area contributed by atoms with Crippen molar-refractivity contribution in [2.75, 3.05) is 6.61 Å². The Kier molecular flexibility index (Phi) is 3.89. The number of aliphatic hydroxyl groups excluding tert-OH is 3. The highest BCUT2D eigenvalue weighted by Gasteiger charge is 2.43. The van der Waals surface area contributed by atoms with Crippen molar-refractivity contribution in [3.63, 3.8) is 0 Å². The van der Waals surface area contributed by atoms with Gasteiger partial charge in [-0.2, -0.15) is 9.98 Å². The molecule has 8 nitrogen and oxygen atoms in total. The fourth-order valence-corrected chi connectivity index (χ4v) is 1.85. The lowest BCUT2D eigenvalue weighted by Crippen LogP contribution is -2.35. The van der Waals surface area contributed by atoms with Crippen LogP contribution in [0.5, 0.6) is 0 Å². The molecule has 3 N–H and O–H groups in total. The van der Waals surface area contributed by atoms with Crippen molar-refractivity contribution in [1.82, 2.24) is 9.55 Å². The molecule has 1 saturated heterocycles. The fourth-order valence-electron chi connectivity index (χ4n) is 1.85. The van der Waals surface area contributed by atoms with Crippen molar-refractivity contribution in [2.24, 2.45) is 4.99 Å². The van der Waals surface area contributed by atoms with Crippen LogP contribution in [0, 0.1) is 0 Å². The zero-order valence-corrected chi connectivity index (χ0v) is 9.88. The summed E-state index contributed by atoms with van der Waals surface area (Å²) < 4.78 is 6.24. The number of aromatic nitrogens is 2. The number of ether oxygens (including phenoxy) is 1. The number of rotatable bonds is 3. The molecule has 1 aliphatic rings. The Labute approximate surface area is 107 Å². The van der Waals surface area contributed by atoms with Crippen molar-refractivity contribution in [3.8, 4) is 0 Å². The molecule has 8 heteroatoms. The second-order valence-corrected chi connectivity index (χ2v) is 3.97. The molecule has 0 saturated carbocycles. The maximum absolute atomic E-state index is 11.8. The van der Waals surface area contributed by atoms with Gasteiger partial charge in [0.05, 0.1) is 6.61 Å². The molecule has 4 atom stereocenters. The minimum Gasteiger partial charge on any atom is -0.394 e. The molecule has 0 unspecified atom stereocenters. The van der Waals surface area contributed by atoms with Gasteiger partial charge in [0, 0.05) is 12.3 Å². The lowest BCUT2D eigenvalue weighted by molar-refractivity contribution is -0.0549. The molecule has 1 aromatic rings. The Hall–Kier alpha value is -1.83. The second kappa shape index (κ2) is 5.43. The van der Waals surface area contributed by atoms with E-state index in [0.29, 0.717) is 0 Å². The van der Waals surface area contributed by atoms with Crippen LogP contribution >= 0.6 is 0 Å². The summed E-state index contributed by atoms with van der Waals surface area (Å²) in [6.45, 7) is 2.80. The van der Waals surface area contributed by atoms with Gasteiger partial charge in [0.1, 0.15) is 18.3 Å². The highest BCUT2D eigenvalue weighted by atomic mass is 16.6. The van der Waals surface area contributed by atoms with Crippen LogP contribution < -0.4 is 5.69 Å². The molecule has 0 aromatic carbocycles. The van der Waals surface area contributed by atoms with Crippen molar-refractivity contribution >= 4 is 11.7 Å². The molecule has 2 heterocycles. The zero-order valence-electron chi connectivity index (χ0n) is 9.88. The number of aliphatic imine (C=N–C) groups is 1. The summed E-state index contributed by atoms with van der Waals surface area (Å²) in [6.07, 6.45) is -3.32. The average Bonchev–Trinajstić information content (AvgIpc) is 2.67. The summed E-state index contributed by atoms with van der Waals surface area (Å²) in [5, 5.41) is 28.4. The highest BCUT2D eigenvalue weighted by molar-refractivity contribution is 5.52. The standard InChI is InChI=1S/C11H13N3O5/c1-2-12-7-3-4-14(11(18)13-7)10-9(17)8(16)6(5-15)19-10/h3-4,6,8-10,15-17H,1,5H2/t6-,8-,9-,10-/m1/s1. The van der Waals surface area contributed by atoms with E-state index in [0.717, 1.165) is 4.57 Å². The first-order chi connectivity index (χ1) is 9.08. The van der Waals surface area contributed by atoms with Gasteiger partial charge >= 0.3 is 5.69 Å². The Morgan fingerprint density at radius 3 is 2.79 bits per heavy atom. The van der Waals surface area contributed by atoms with Gasteiger partial charge in [0.15, 0.2) is 12.0 Å². The van der Waals surface area contributed by atoms with Gasteiger partial charge < -0.3 is 20.1 Å². The van der Waals surface area contributed by atoms with Crippen LogP contribution in [0.1, 0.15) is 6.23 Å². The first kappa shape index (κ1) is 13.6. The third kappa shape index (κ3) is 2.48. The van der Waals surface area contributed by atoms with Crippen molar-refractivity contribution < 1.29 is 20.1 Å². The summed E-state index contributed by atoms with van der Waals surface area (Å²) in [4.78, 5) is 19.0. The summed E-state index contributed by atoms with van der Waals surface area (Å²) >= 11 is 0. The van der Waals surface area contributed by atoms with Crippen LogP contribution in [0.2, 0.25) is 0 Å². The van der Waals surface area contributed by atoms with Gasteiger partial charge in [-0.3, -0.25) is 4.57 Å². The first-order valence-electron chi connectivity index (χ1n) is 5.53. The van der Waals surface area contributed by atoms with Crippen LogP contribution in [0.15, 0.2) is 28.6 Å². The predicted octanol–water partition coefficient (Wildman–Crippen LogP) is -1.66. The van der Waals surface area contributed by atoms with Crippen LogP contribution in [-0.2, 0) is 4.74 Å². The van der Waals surface area contributed by atoms with Gasteiger partial charge in [-0.25, -0.2) is 4.79 Å². The molecule has 0 aliphatic carbocycles. The smallest absolute Gasteiger partial charge is 0.351 e. The van der Waals surface area contributed by atoms with E-state index in [1.165, 1.54) is 12.3 Å². The summed E-state index contributed by atoms with van der Waals surface area (Å²) in [6, 6.07) is 1.41. The number of nitrogens with zero attached hydrogens (tertiary/aromatic N) is 3. The molecular formula is C11H13N3O5. The fraction of sp³-hybridized carbons (Fsp3) is 0.455. The van der Waals surface area contributed by atoms with Crippen LogP contribution in [0.4, 0.5) is 5.82 Å². The lowest BCUT2D eigenvalue weighted by atomic mass is 10.1. The Morgan fingerprint density at radius 2 is 2.26 bits per heavy atom. The first-order valence-corrected chi connectivity index (χ1v) is 5.53. The molecule has 1 aliphatic heterocycles. The average molecular weight is 267 g/mol. The minimum atomic E-state index is -1.33. The van der Waals surface area contributed by atoms with E-state index in [4.69, 9.17) is 9.84 Å². The lowest BCUT2D eigenvalue weighted by Gasteiger charge is -2.16. The van der Waals surface area contributed by atoms with E-state index in [2.05, 4.69) is 22.4 Å². The number of hydrogen-bond donors (Lipinski definition) is 3. The van der Waals surface area contributed by atoms with E-state index in [9.17, 15) is 15.0 Å². The van der Waals surface area contributed by atoms with Crippen LogP contribution in [0.3, 0.4) is 0 Å². The Balaban J connectivity index is 2.33. The molecule has 102 valence electrons. The summed E-state index contributed by atoms with van der Waals surface area (Å²) in [5.41, 5.74) is -0.702. The Morgan fingerprint density at radius 1 is 1.53 bits per heavy atom. The number of aliphatic hydroxyl groups is 3. The normalized spacial score (nSPS) is 30.1. The van der Waals surface area contributed by atoms with Crippen molar-refractivity contribution in [3.05, 3.63) is 29.3 Å². The van der Waals surface area contributed by atoms with Crippen LogP contribution in [-0.4, -0.2) is 55.7 Å². The van der Waals surface area contributed by atoms with Gasteiger partial charge in [-0.1, -0.05) is 0 Å². The van der Waals surface area contributed by atoms with Crippen molar-refractivity contribution in [2.45, 2.75) is 24.5 Å². The minimum absolute atomic E-state index is 0.128. The van der Waals surface area contributed by atoms with E-state index in [1.54, 1.807) is 0 Å². The monoisotopic (exact) mass is 267 g/mol. The molecule has 0 amide bonds.